The predicted molar refractivity (Wildman–Crippen MR) is 78.0 cm³/mol. The van der Waals surface area contributed by atoms with Gasteiger partial charge >= 0.3 is 0 Å². The summed E-state index contributed by atoms with van der Waals surface area (Å²) in [6.07, 6.45) is 1.25. The smallest absolute Gasteiger partial charge is 0.0506 e. The molecule has 0 amide bonds. The first-order valence-electron chi connectivity index (χ1n) is 6.42. The van der Waals surface area contributed by atoms with Crippen LogP contribution >= 0.6 is 12.4 Å². The minimum atomic E-state index is 0. The van der Waals surface area contributed by atoms with E-state index < -0.39 is 0 Å². The fourth-order valence-corrected chi connectivity index (χ4v) is 2.43. The lowest BCUT2D eigenvalue weighted by Crippen LogP contribution is -2.21. The molecule has 102 valence electrons. The highest BCUT2D eigenvalue weighted by atomic mass is 35.5. The van der Waals surface area contributed by atoms with Crippen molar-refractivity contribution >= 4 is 18.1 Å². The van der Waals surface area contributed by atoms with Gasteiger partial charge in [0, 0.05) is 25.4 Å². The van der Waals surface area contributed by atoms with E-state index in [2.05, 4.69) is 24.0 Å². The highest BCUT2D eigenvalue weighted by Crippen LogP contribution is 2.19. The number of nitrogens with two attached hydrogens (primary N) is 1. The Balaban J connectivity index is 0.00000162. The molecule has 1 unspecified atom stereocenters. The first-order valence-corrected chi connectivity index (χ1v) is 6.42. The lowest BCUT2D eigenvalue weighted by atomic mass is 10.1. The van der Waals surface area contributed by atoms with Crippen molar-refractivity contribution in [2.24, 2.45) is 5.92 Å². The topological polar surface area (TPSA) is 38.5 Å². The van der Waals surface area contributed by atoms with Gasteiger partial charge in [0.15, 0.2) is 0 Å². The van der Waals surface area contributed by atoms with Crippen LogP contribution in [0.5, 0.6) is 0 Å². The number of anilines is 1. The molecule has 1 saturated heterocycles. The fourth-order valence-electron chi connectivity index (χ4n) is 2.43. The van der Waals surface area contributed by atoms with Crippen LogP contribution in [0, 0.1) is 5.92 Å². The van der Waals surface area contributed by atoms with Crippen LogP contribution in [0.4, 0.5) is 5.69 Å². The molecule has 1 aliphatic heterocycles. The molecule has 3 nitrogen and oxygen atoms in total. The van der Waals surface area contributed by atoms with Crippen LogP contribution < -0.4 is 5.73 Å². The molecule has 2 rings (SSSR count). The molecule has 0 saturated carbocycles. The van der Waals surface area contributed by atoms with E-state index in [0.717, 1.165) is 32.0 Å². The summed E-state index contributed by atoms with van der Waals surface area (Å²) in [6, 6.07) is 8.17. The average Bonchev–Trinajstić information content (AvgIpc) is 2.74. The van der Waals surface area contributed by atoms with Crippen molar-refractivity contribution in [3.8, 4) is 0 Å². The van der Waals surface area contributed by atoms with Gasteiger partial charge < -0.3 is 10.5 Å². The standard InChI is InChI=1S/C14H22N2O.ClH/c1-2-17-11-13-6-7-16(10-13)9-12-4-3-5-14(15)8-12;/h3-5,8,13H,2,6-7,9-11,15H2,1H3;1H. The number of rotatable bonds is 5. The van der Waals surface area contributed by atoms with Crippen molar-refractivity contribution in [3.05, 3.63) is 29.8 Å². The van der Waals surface area contributed by atoms with Crippen molar-refractivity contribution in [2.45, 2.75) is 19.9 Å². The van der Waals surface area contributed by atoms with Gasteiger partial charge in [0.2, 0.25) is 0 Å². The molecular weight excluding hydrogens is 248 g/mol. The summed E-state index contributed by atoms with van der Waals surface area (Å²) in [6.45, 7) is 7.12. The lowest BCUT2D eigenvalue weighted by Gasteiger charge is -2.16. The van der Waals surface area contributed by atoms with Crippen molar-refractivity contribution in [2.75, 3.05) is 32.0 Å². The Hall–Kier alpha value is -0.770. The van der Waals surface area contributed by atoms with Crippen molar-refractivity contribution in [3.63, 3.8) is 0 Å². The third kappa shape index (κ3) is 4.48. The Morgan fingerprint density at radius 2 is 2.28 bits per heavy atom. The van der Waals surface area contributed by atoms with Gasteiger partial charge in [-0.25, -0.2) is 0 Å². The molecule has 0 bridgehead atoms. The second-order valence-electron chi connectivity index (χ2n) is 4.79. The van der Waals surface area contributed by atoms with Crippen LogP contribution in [0.25, 0.3) is 0 Å². The first-order chi connectivity index (χ1) is 8.28. The zero-order chi connectivity index (χ0) is 12.1. The van der Waals surface area contributed by atoms with Gasteiger partial charge in [0.05, 0.1) is 6.61 Å². The summed E-state index contributed by atoms with van der Waals surface area (Å²) in [4.78, 5) is 2.48. The maximum atomic E-state index is 5.79. The number of nitrogen functional groups attached to an aromatic ring is 1. The van der Waals surface area contributed by atoms with Gasteiger partial charge in [0.1, 0.15) is 0 Å². The third-order valence-electron chi connectivity index (χ3n) is 3.28. The van der Waals surface area contributed by atoms with Crippen LogP contribution in [-0.4, -0.2) is 31.2 Å². The molecule has 0 aromatic heterocycles. The van der Waals surface area contributed by atoms with Crippen LogP contribution in [0.15, 0.2) is 24.3 Å². The Bertz CT molecular complexity index is 359. The normalized spacial score (nSPS) is 19.7. The number of nitrogens with zero attached hydrogens (tertiary/aromatic N) is 1. The molecule has 0 radical (unpaired) electrons. The van der Waals surface area contributed by atoms with Gasteiger partial charge in [-0.1, -0.05) is 12.1 Å². The van der Waals surface area contributed by atoms with E-state index in [1.165, 1.54) is 18.5 Å². The molecule has 1 fully saturated rings. The number of likely N-dealkylation sites (tertiary alicyclic amines) is 1. The molecule has 0 aliphatic carbocycles. The maximum absolute atomic E-state index is 5.79. The molecule has 2 N–H and O–H groups in total. The second kappa shape index (κ2) is 7.62. The number of benzene rings is 1. The first kappa shape index (κ1) is 15.3. The molecule has 1 aromatic rings. The van der Waals surface area contributed by atoms with Gasteiger partial charge in [-0.15, -0.1) is 12.4 Å². The van der Waals surface area contributed by atoms with E-state index in [0.29, 0.717) is 5.92 Å². The Morgan fingerprint density at radius 1 is 1.44 bits per heavy atom. The highest BCUT2D eigenvalue weighted by Gasteiger charge is 2.22. The summed E-state index contributed by atoms with van der Waals surface area (Å²) >= 11 is 0. The van der Waals surface area contributed by atoms with Crippen LogP contribution in [-0.2, 0) is 11.3 Å². The van der Waals surface area contributed by atoms with E-state index >= 15 is 0 Å². The monoisotopic (exact) mass is 270 g/mol. The van der Waals surface area contributed by atoms with E-state index in [9.17, 15) is 0 Å². The largest absolute Gasteiger partial charge is 0.399 e. The zero-order valence-corrected chi connectivity index (χ0v) is 11.8. The molecule has 1 aliphatic rings. The molecule has 4 heteroatoms. The summed E-state index contributed by atoms with van der Waals surface area (Å²) < 4.78 is 5.49. The van der Waals surface area contributed by atoms with Crippen LogP contribution in [0.1, 0.15) is 18.9 Å². The minimum Gasteiger partial charge on any atom is -0.399 e. The lowest BCUT2D eigenvalue weighted by molar-refractivity contribution is 0.111. The number of halogens is 1. The van der Waals surface area contributed by atoms with Gasteiger partial charge in [-0.05, 0) is 43.5 Å². The van der Waals surface area contributed by atoms with Crippen LogP contribution in [0.3, 0.4) is 0 Å². The summed E-state index contributed by atoms with van der Waals surface area (Å²) in [5.74, 6) is 0.705. The predicted octanol–water partition coefficient (Wildman–Crippen LogP) is 2.55. The van der Waals surface area contributed by atoms with Crippen molar-refractivity contribution in [1.82, 2.24) is 4.90 Å². The maximum Gasteiger partial charge on any atom is 0.0506 e. The Kier molecular flexibility index (Phi) is 6.47. The number of hydrogen-bond donors (Lipinski definition) is 1. The van der Waals surface area contributed by atoms with Gasteiger partial charge in [-0.2, -0.15) is 0 Å². The zero-order valence-electron chi connectivity index (χ0n) is 11.0. The van der Waals surface area contributed by atoms with Crippen molar-refractivity contribution < 1.29 is 4.74 Å². The molecule has 1 aromatic carbocycles. The fraction of sp³-hybridized carbons (Fsp3) is 0.571. The summed E-state index contributed by atoms with van der Waals surface area (Å²) in [5.41, 5.74) is 7.95. The molecule has 1 heterocycles. The SMILES string of the molecule is CCOCC1CCN(Cc2cccc(N)c2)C1.Cl. The van der Waals surface area contributed by atoms with Gasteiger partial charge in [0.25, 0.3) is 0 Å². The van der Waals surface area contributed by atoms with E-state index in [1.807, 2.05) is 12.1 Å². The molecular formula is C14H23ClN2O. The average molecular weight is 271 g/mol. The summed E-state index contributed by atoms with van der Waals surface area (Å²) in [7, 11) is 0. The Labute approximate surface area is 116 Å². The number of hydrogen-bond acceptors (Lipinski definition) is 3. The summed E-state index contributed by atoms with van der Waals surface area (Å²) in [5, 5.41) is 0. The van der Waals surface area contributed by atoms with E-state index in [1.54, 1.807) is 0 Å². The van der Waals surface area contributed by atoms with Crippen LogP contribution in [0.2, 0.25) is 0 Å². The van der Waals surface area contributed by atoms with Gasteiger partial charge in [-0.3, -0.25) is 4.90 Å². The third-order valence-corrected chi connectivity index (χ3v) is 3.28. The minimum absolute atomic E-state index is 0. The quantitative estimate of drug-likeness (QED) is 0.836. The molecule has 18 heavy (non-hydrogen) atoms. The van der Waals surface area contributed by atoms with Crippen molar-refractivity contribution in [1.29, 1.82) is 0 Å². The molecule has 1 atom stereocenters. The highest BCUT2D eigenvalue weighted by molar-refractivity contribution is 5.85. The molecule has 0 spiro atoms. The van der Waals surface area contributed by atoms with E-state index in [4.69, 9.17) is 10.5 Å². The second-order valence-corrected chi connectivity index (χ2v) is 4.79. The Morgan fingerprint density at radius 3 is 3.00 bits per heavy atom. The van der Waals surface area contributed by atoms with E-state index in [-0.39, 0.29) is 12.4 Å². The number of ether oxygens (including phenoxy) is 1.